The quantitative estimate of drug-likeness (QED) is 0.122. The number of nitrogens with zero attached hydrogens (tertiary/aromatic N) is 4. The van der Waals surface area contributed by atoms with Crippen LogP contribution in [0.1, 0.15) is 153 Å². The largest absolute Gasteiger partial charge is 0.507 e. The Morgan fingerprint density at radius 1 is 0.641 bits per heavy atom. The predicted octanol–water partition coefficient (Wildman–Crippen LogP) is 19.6. The zero-order chi connectivity index (χ0) is 53.4. The Morgan fingerprint density at radius 3 is 1.95 bits per heavy atom. The van der Waals surface area contributed by atoms with E-state index >= 15 is 0 Å². The van der Waals surface area contributed by atoms with Gasteiger partial charge in [0.2, 0.25) is 0 Å². The molecule has 0 saturated heterocycles. The van der Waals surface area contributed by atoms with Crippen molar-refractivity contribution in [2.45, 2.75) is 143 Å². The molecule has 1 N–H and O–H groups in total. The van der Waals surface area contributed by atoms with Gasteiger partial charge in [0, 0.05) is 44.2 Å². The third kappa shape index (κ3) is 9.95. The molecule has 2 aliphatic carbocycles. The summed E-state index contributed by atoms with van der Waals surface area (Å²) in [5, 5.41) is 15.6. The van der Waals surface area contributed by atoms with E-state index in [9.17, 15) is 5.11 Å². The summed E-state index contributed by atoms with van der Waals surface area (Å²) in [5.74, 6) is 1.77. The Hall–Kier alpha value is -6.68. The molecule has 2 aliphatic rings. The summed E-state index contributed by atoms with van der Waals surface area (Å²) in [6.45, 7) is 19.9. The first-order valence-corrected chi connectivity index (χ1v) is 28.5. The van der Waals surface area contributed by atoms with Gasteiger partial charge in [0.25, 0.3) is 0 Å². The number of aromatic hydroxyl groups is 1. The summed E-state index contributed by atoms with van der Waals surface area (Å²) < 4.78 is 2.31. The van der Waals surface area contributed by atoms with Crippen molar-refractivity contribution >= 4 is 32.7 Å². The number of pyridine rings is 2. The number of benzene rings is 7. The van der Waals surface area contributed by atoms with Crippen molar-refractivity contribution in [2.24, 2.45) is 5.41 Å². The average Bonchev–Trinajstić information content (AvgIpc) is 4.05. The molecule has 0 radical (unpaired) electrons. The molecular weight excluding hydrogens is 1130 g/mol. The van der Waals surface area contributed by atoms with Crippen LogP contribution in [0, 0.1) is 18.4 Å². The monoisotopic (exact) mass is 1200 g/mol. The number of aromatic nitrogens is 4. The molecule has 78 heavy (non-hydrogen) atoms. The van der Waals surface area contributed by atoms with E-state index in [0.29, 0.717) is 22.7 Å². The molecule has 7 aromatic carbocycles. The van der Waals surface area contributed by atoms with Crippen LogP contribution in [-0.2, 0) is 31.9 Å². The Balaban J connectivity index is 0.00000645. The molecule has 5 nitrogen and oxygen atoms in total. The SMILES string of the molecule is Cc1nc2ccc(-c3cc(-c4ccc(C5CCC6(CCCCC6)CC5)cc4)ccn3)[c-]c2c2c1ccc1c2nc(-c2cc(C(C)(C)C)cc(C(C)(C)C)c2O)n1-c1ccc(-c2ccc(-c3ccccc3)cc2)cc1C(C)C.[Pt]. The molecular formula is C72H73N4OPt-. The fourth-order valence-corrected chi connectivity index (χ4v) is 13.0. The standard InChI is InChI=1S/C72H73N4O.Pt/c1-45(2)58-40-53(50-22-18-48(19-23-50)47-16-12-10-13-17-47)27-30-64(58)76-65-31-28-57-46(3)74-62-29-26-55(41-59(62)66(57)67(65)75-69(76)60-43-56(70(4,5)6)44-61(68(60)77)71(7,8)9)63-42-54(34-39-73-63)51-24-20-49(21-25-51)52-32-37-72(38-33-52)35-14-11-15-36-72;/h10,12-13,16-31,34,39-40,42-45,52,77H,11,14-15,32-33,35-38H2,1-9H3;/q-1;. The van der Waals surface area contributed by atoms with Crippen LogP contribution in [-0.4, -0.2) is 24.6 Å². The van der Waals surface area contributed by atoms with Crippen LogP contribution < -0.4 is 0 Å². The van der Waals surface area contributed by atoms with Gasteiger partial charge in [-0.15, -0.1) is 18.2 Å². The minimum atomic E-state index is -0.337. The molecule has 0 amide bonds. The number of hydrogen-bond donors (Lipinski definition) is 1. The van der Waals surface area contributed by atoms with Gasteiger partial charge in [0.1, 0.15) is 11.6 Å². The van der Waals surface area contributed by atoms with Crippen molar-refractivity contribution in [3.63, 3.8) is 0 Å². The van der Waals surface area contributed by atoms with Crippen LogP contribution in [0.5, 0.6) is 5.75 Å². The minimum Gasteiger partial charge on any atom is -0.507 e. The number of rotatable bonds is 8. The first-order valence-electron chi connectivity index (χ1n) is 28.5. The van der Waals surface area contributed by atoms with Gasteiger partial charge in [-0.3, -0.25) is 14.5 Å². The van der Waals surface area contributed by atoms with Crippen molar-refractivity contribution in [2.75, 3.05) is 0 Å². The molecule has 10 aromatic rings. The van der Waals surface area contributed by atoms with Crippen molar-refractivity contribution < 1.29 is 26.2 Å². The molecule has 0 unspecified atom stereocenters. The third-order valence-corrected chi connectivity index (χ3v) is 17.6. The van der Waals surface area contributed by atoms with E-state index in [0.717, 1.165) is 83.2 Å². The molecule has 6 heteroatoms. The van der Waals surface area contributed by atoms with Crippen molar-refractivity contribution in [3.05, 3.63) is 186 Å². The van der Waals surface area contributed by atoms with E-state index in [1.165, 1.54) is 85.6 Å². The van der Waals surface area contributed by atoms with Crippen LogP contribution in [0.15, 0.2) is 152 Å². The second kappa shape index (κ2) is 20.8. The zero-order valence-electron chi connectivity index (χ0n) is 47.0. The van der Waals surface area contributed by atoms with E-state index in [-0.39, 0.29) is 43.6 Å². The molecule has 398 valence electrons. The van der Waals surface area contributed by atoms with E-state index in [2.05, 4.69) is 219 Å². The number of fused-ring (bicyclic) bond motifs is 5. The Morgan fingerprint density at radius 2 is 1.28 bits per heavy atom. The van der Waals surface area contributed by atoms with Crippen molar-refractivity contribution in [1.29, 1.82) is 0 Å². The number of hydrogen-bond acceptors (Lipinski definition) is 4. The molecule has 2 saturated carbocycles. The van der Waals surface area contributed by atoms with E-state index in [1.807, 2.05) is 6.20 Å². The van der Waals surface area contributed by atoms with Gasteiger partial charge >= 0.3 is 0 Å². The van der Waals surface area contributed by atoms with Gasteiger partial charge in [0.15, 0.2) is 0 Å². The fourth-order valence-electron chi connectivity index (χ4n) is 13.0. The fraction of sp³-hybridized carbons (Fsp3) is 0.319. The molecule has 0 atom stereocenters. The molecule has 0 bridgehead atoms. The first kappa shape index (κ1) is 53.3. The molecule has 2 fully saturated rings. The third-order valence-electron chi connectivity index (χ3n) is 17.6. The average molecular weight is 1210 g/mol. The Labute approximate surface area is 476 Å². The van der Waals surface area contributed by atoms with Crippen LogP contribution in [0.3, 0.4) is 0 Å². The van der Waals surface area contributed by atoms with Gasteiger partial charge in [-0.2, -0.15) is 0 Å². The molecule has 0 aliphatic heterocycles. The Kier molecular flexibility index (Phi) is 14.3. The summed E-state index contributed by atoms with van der Waals surface area (Å²) in [4.78, 5) is 15.9. The maximum atomic E-state index is 12.7. The van der Waals surface area contributed by atoms with Crippen LogP contribution in [0.25, 0.3) is 94.4 Å². The van der Waals surface area contributed by atoms with Gasteiger partial charge in [0.05, 0.1) is 22.3 Å². The van der Waals surface area contributed by atoms with Crippen LogP contribution in [0.2, 0.25) is 0 Å². The van der Waals surface area contributed by atoms with E-state index in [1.54, 1.807) is 0 Å². The van der Waals surface area contributed by atoms with Crippen LogP contribution >= 0.6 is 0 Å². The normalized spacial score (nSPS) is 15.2. The summed E-state index contributed by atoms with van der Waals surface area (Å²) in [5.41, 5.74) is 18.9. The second-order valence-corrected chi connectivity index (χ2v) is 25.1. The van der Waals surface area contributed by atoms with Crippen molar-refractivity contribution in [1.82, 2.24) is 19.5 Å². The van der Waals surface area contributed by atoms with E-state index in [4.69, 9.17) is 15.0 Å². The van der Waals surface area contributed by atoms with Gasteiger partial charge < -0.3 is 5.11 Å². The summed E-state index contributed by atoms with van der Waals surface area (Å²) in [6, 6.07) is 56.9. The molecule has 12 rings (SSSR count). The number of aryl methyl sites for hydroxylation is 1. The minimum absolute atomic E-state index is 0. The number of imidazole rings is 1. The number of phenols is 1. The molecule has 3 aromatic heterocycles. The van der Waals surface area contributed by atoms with Crippen LogP contribution in [0.4, 0.5) is 0 Å². The summed E-state index contributed by atoms with van der Waals surface area (Å²) in [6.07, 6.45) is 14.5. The maximum absolute atomic E-state index is 12.7. The second-order valence-electron chi connectivity index (χ2n) is 25.1. The van der Waals surface area contributed by atoms with Gasteiger partial charge in [-0.25, -0.2) is 4.98 Å². The summed E-state index contributed by atoms with van der Waals surface area (Å²) >= 11 is 0. The summed E-state index contributed by atoms with van der Waals surface area (Å²) in [7, 11) is 0. The predicted molar refractivity (Wildman–Crippen MR) is 322 cm³/mol. The van der Waals surface area contributed by atoms with Crippen molar-refractivity contribution in [3.8, 4) is 67.5 Å². The molecule has 1 spiro atoms. The molecule has 3 heterocycles. The smallest absolute Gasteiger partial charge is 0.148 e. The van der Waals surface area contributed by atoms with E-state index < -0.39 is 0 Å². The van der Waals surface area contributed by atoms with Gasteiger partial charge in [-0.1, -0.05) is 189 Å². The topological polar surface area (TPSA) is 63.8 Å². The number of phenolic OH excluding ortho intramolecular Hbond substituents is 1. The maximum Gasteiger partial charge on any atom is 0.148 e. The zero-order valence-corrected chi connectivity index (χ0v) is 49.3. The van der Waals surface area contributed by atoms with Gasteiger partial charge in [-0.05, 0) is 170 Å². The first-order chi connectivity index (χ1) is 37.0. The Bertz CT molecular complexity index is 3840.